The molecule has 4 aromatic carbocycles. The van der Waals surface area contributed by atoms with E-state index in [2.05, 4.69) is 77.8 Å². The number of imidazole rings is 1. The Balaban J connectivity index is 1.67. The lowest BCUT2D eigenvalue weighted by Crippen LogP contribution is -1.84. The third-order valence-corrected chi connectivity index (χ3v) is 4.63. The van der Waals surface area contributed by atoms with Gasteiger partial charge in [0.05, 0.1) is 11.0 Å². The van der Waals surface area contributed by atoms with Crippen LogP contribution in [0.1, 0.15) is 0 Å². The van der Waals surface area contributed by atoms with Gasteiger partial charge in [-0.25, -0.2) is 4.98 Å². The molecule has 0 bridgehead atoms. The summed E-state index contributed by atoms with van der Waals surface area (Å²) in [4.78, 5) is 8.14. The topological polar surface area (TPSA) is 28.7 Å². The number of H-pyrrole nitrogens is 1. The molecule has 0 saturated heterocycles. The molecule has 1 heterocycles. The Bertz CT molecular complexity index is 1160. The highest BCUT2D eigenvalue weighted by molar-refractivity contribution is 5.97. The minimum Gasteiger partial charge on any atom is -0.338 e. The van der Waals surface area contributed by atoms with Crippen molar-refractivity contribution < 1.29 is 0 Å². The van der Waals surface area contributed by atoms with Gasteiger partial charge < -0.3 is 4.98 Å². The zero-order chi connectivity index (χ0) is 16.6. The minimum absolute atomic E-state index is 0.906. The molecule has 2 heteroatoms. The zero-order valence-electron chi connectivity index (χ0n) is 13.6. The largest absolute Gasteiger partial charge is 0.338 e. The Morgan fingerprint density at radius 1 is 0.640 bits per heavy atom. The first kappa shape index (κ1) is 14.0. The molecule has 0 radical (unpaired) electrons. The molecular formula is C23H16N2. The summed E-state index contributed by atoms with van der Waals surface area (Å²) in [6.07, 6.45) is 0. The number of para-hydroxylation sites is 2. The number of aromatic amines is 1. The molecule has 0 unspecified atom stereocenters. The van der Waals surface area contributed by atoms with Gasteiger partial charge in [0, 0.05) is 5.56 Å². The molecule has 0 saturated carbocycles. The lowest BCUT2D eigenvalue weighted by Gasteiger charge is -2.08. The van der Waals surface area contributed by atoms with Gasteiger partial charge in [0.2, 0.25) is 0 Å². The lowest BCUT2D eigenvalue weighted by molar-refractivity contribution is 1.34. The van der Waals surface area contributed by atoms with Crippen LogP contribution < -0.4 is 0 Å². The fraction of sp³-hybridized carbons (Fsp3) is 0. The number of nitrogens with one attached hydrogen (secondary N) is 1. The summed E-state index contributed by atoms with van der Waals surface area (Å²) in [7, 11) is 0. The SMILES string of the molecule is c1cc(-c2nc3ccccc3[nH]2)cc(-c2cccc3ccccc23)c1. The second-order valence-electron chi connectivity index (χ2n) is 6.21. The van der Waals surface area contributed by atoms with Crippen molar-refractivity contribution in [1.82, 2.24) is 9.97 Å². The summed E-state index contributed by atoms with van der Waals surface area (Å²) in [5, 5.41) is 2.53. The van der Waals surface area contributed by atoms with Gasteiger partial charge in [-0.05, 0) is 40.1 Å². The fourth-order valence-electron chi connectivity index (χ4n) is 3.40. The predicted octanol–water partition coefficient (Wildman–Crippen LogP) is 6.05. The summed E-state index contributed by atoms with van der Waals surface area (Å²) >= 11 is 0. The first-order chi connectivity index (χ1) is 12.4. The summed E-state index contributed by atoms with van der Waals surface area (Å²) < 4.78 is 0. The molecule has 2 nitrogen and oxygen atoms in total. The third kappa shape index (κ3) is 2.39. The number of hydrogen-bond donors (Lipinski definition) is 1. The van der Waals surface area contributed by atoms with Crippen LogP contribution in [-0.4, -0.2) is 9.97 Å². The Labute approximate surface area is 145 Å². The van der Waals surface area contributed by atoms with Gasteiger partial charge in [0.15, 0.2) is 0 Å². The molecule has 0 amide bonds. The molecule has 1 N–H and O–H groups in total. The van der Waals surface area contributed by atoms with Crippen LogP contribution in [0.15, 0.2) is 91.0 Å². The standard InChI is InChI=1S/C23H16N2/c1-2-11-19-16(7-1)8-6-12-20(19)17-9-5-10-18(15-17)23-24-21-13-3-4-14-22(21)25-23/h1-15H,(H,24,25). The average Bonchev–Trinajstić information content (AvgIpc) is 3.12. The van der Waals surface area contributed by atoms with Crippen LogP contribution in [0.3, 0.4) is 0 Å². The van der Waals surface area contributed by atoms with Crippen LogP contribution in [0.5, 0.6) is 0 Å². The van der Waals surface area contributed by atoms with Crippen molar-refractivity contribution in [2.75, 3.05) is 0 Å². The number of benzene rings is 4. The number of rotatable bonds is 2. The molecule has 1 aromatic heterocycles. The first-order valence-electron chi connectivity index (χ1n) is 8.42. The van der Waals surface area contributed by atoms with Gasteiger partial charge in [0.1, 0.15) is 5.82 Å². The molecule has 0 aliphatic rings. The maximum absolute atomic E-state index is 4.72. The summed E-state index contributed by atoms with van der Waals surface area (Å²) in [6, 6.07) is 31.7. The van der Waals surface area contributed by atoms with Crippen molar-refractivity contribution in [2.45, 2.75) is 0 Å². The number of hydrogen-bond acceptors (Lipinski definition) is 1. The quantitative estimate of drug-likeness (QED) is 0.421. The van der Waals surface area contributed by atoms with Gasteiger partial charge in [-0.3, -0.25) is 0 Å². The predicted molar refractivity (Wildman–Crippen MR) is 104 cm³/mol. The summed E-state index contributed by atoms with van der Waals surface area (Å²) in [5.41, 5.74) is 5.61. The van der Waals surface area contributed by atoms with Gasteiger partial charge >= 0.3 is 0 Å². The van der Waals surface area contributed by atoms with E-state index in [1.54, 1.807) is 0 Å². The van der Waals surface area contributed by atoms with E-state index in [1.807, 2.05) is 18.2 Å². The third-order valence-electron chi connectivity index (χ3n) is 4.63. The van der Waals surface area contributed by atoms with Crippen molar-refractivity contribution in [2.24, 2.45) is 0 Å². The molecule has 118 valence electrons. The van der Waals surface area contributed by atoms with Crippen molar-refractivity contribution in [3.63, 3.8) is 0 Å². The number of fused-ring (bicyclic) bond motifs is 2. The highest BCUT2D eigenvalue weighted by atomic mass is 14.9. The van der Waals surface area contributed by atoms with E-state index in [0.29, 0.717) is 0 Å². The van der Waals surface area contributed by atoms with Crippen molar-refractivity contribution in [1.29, 1.82) is 0 Å². The zero-order valence-corrected chi connectivity index (χ0v) is 13.6. The van der Waals surface area contributed by atoms with E-state index in [-0.39, 0.29) is 0 Å². The highest BCUT2D eigenvalue weighted by Gasteiger charge is 2.08. The van der Waals surface area contributed by atoms with Crippen LogP contribution in [0.25, 0.3) is 44.3 Å². The van der Waals surface area contributed by atoms with Crippen molar-refractivity contribution in [3.05, 3.63) is 91.0 Å². The summed E-state index contributed by atoms with van der Waals surface area (Å²) in [5.74, 6) is 0.906. The van der Waals surface area contributed by atoms with Crippen molar-refractivity contribution >= 4 is 21.8 Å². The fourth-order valence-corrected chi connectivity index (χ4v) is 3.40. The van der Waals surface area contributed by atoms with E-state index in [1.165, 1.54) is 21.9 Å². The lowest BCUT2D eigenvalue weighted by atomic mass is 9.97. The molecular weight excluding hydrogens is 304 g/mol. The van der Waals surface area contributed by atoms with Gasteiger partial charge in [-0.2, -0.15) is 0 Å². The van der Waals surface area contributed by atoms with Crippen molar-refractivity contribution in [3.8, 4) is 22.5 Å². The molecule has 0 fully saturated rings. The maximum Gasteiger partial charge on any atom is 0.138 e. The van der Waals surface area contributed by atoms with Crippen LogP contribution in [0.2, 0.25) is 0 Å². The Morgan fingerprint density at radius 3 is 2.36 bits per heavy atom. The van der Waals surface area contributed by atoms with Gasteiger partial charge in [-0.15, -0.1) is 0 Å². The molecule has 0 aliphatic heterocycles. The molecule has 25 heavy (non-hydrogen) atoms. The van der Waals surface area contributed by atoms with Crippen LogP contribution in [0.4, 0.5) is 0 Å². The van der Waals surface area contributed by atoms with E-state index in [9.17, 15) is 0 Å². The van der Waals surface area contributed by atoms with Crippen LogP contribution in [0, 0.1) is 0 Å². The second kappa shape index (κ2) is 5.60. The highest BCUT2D eigenvalue weighted by Crippen LogP contribution is 2.31. The number of aromatic nitrogens is 2. The van der Waals surface area contributed by atoms with E-state index in [4.69, 9.17) is 4.98 Å². The number of nitrogens with zero attached hydrogens (tertiary/aromatic N) is 1. The molecule has 5 rings (SSSR count). The first-order valence-corrected chi connectivity index (χ1v) is 8.42. The van der Waals surface area contributed by atoms with Gasteiger partial charge in [0.25, 0.3) is 0 Å². The molecule has 0 aliphatic carbocycles. The van der Waals surface area contributed by atoms with Gasteiger partial charge in [-0.1, -0.05) is 72.8 Å². The maximum atomic E-state index is 4.72. The van der Waals surface area contributed by atoms with E-state index >= 15 is 0 Å². The Morgan fingerprint density at radius 2 is 1.40 bits per heavy atom. The van der Waals surface area contributed by atoms with E-state index < -0.39 is 0 Å². The van der Waals surface area contributed by atoms with Crippen LogP contribution >= 0.6 is 0 Å². The Kier molecular flexibility index (Phi) is 3.14. The van der Waals surface area contributed by atoms with Crippen LogP contribution in [-0.2, 0) is 0 Å². The average molecular weight is 320 g/mol. The molecule has 0 spiro atoms. The normalized spacial score (nSPS) is 11.2. The molecule has 5 aromatic rings. The summed E-state index contributed by atoms with van der Waals surface area (Å²) in [6.45, 7) is 0. The smallest absolute Gasteiger partial charge is 0.138 e. The molecule has 0 atom stereocenters. The monoisotopic (exact) mass is 320 g/mol. The second-order valence-corrected chi connectivity index (χ2v) is 6.21. The Hall–Kier alpha value is -3.39. The van der Waals surface area contributed by atoms with E-state index in [0.717, 1.165) is 22.4 Å². The minimum atomic E-state index is 0.906.